The smallest absolute Gasteiger partial charge is 0.410 e. The van der Waals surface area contributed by atoms with E-state index in [4.69, 9.17) is 18.9 Å². The molecule has 0 aromatic heterocycles. The molecule has 0 saturated heterocycles. The van der Waals surface area contributed by atoms with Gasteiger partial charge in [0.25, 0.3) is 0 Å². The number of thiol groups is 3. The molecule has 0 aliphatic heterocycles. The zero-order valence-corrected chi connectivity index (χ0v) is 36.4. The maximum absolute atomic E-state index is 11.9. The van der Waals surface area contributed by atoms with Gasteiger partial charge in [0.2, 0.25) is 0 Å². The lowest BCUT2D eigenvalue weighted by Crippen LogP contribution is -2.35. The molecule has 10 nitrogen and oxygen atoms in total. The first-order valence-corrected chi connectivity index (χ1v) is 19.0. The SMILES string of the molecule is CN(CCCCc1ccccc1S)C(=O)OC(C)(C)C.COC(=O)Cc1ccccc1S.COc1cc(S)c(CCN(C)C(=O)OC(C)(C)C)cc1OC. The monoisotopic (exact) mass is 804 g/mol. The number of hydrogen-bond acceptors (Lipinski definition) is 11. The summed E-state index contributed by atoms with van der Waals surface area (Å²) in [6.07, 6.45) is 3.32. The van der Waals surface area contributed by atoms with E-state index < -0.39 is 11.2 Å². The highest BCUT2D eigenvalue weighted by molar-refractivity contribution is 7.80. The Hall–Kier alpha value is -3.68. The first-order valence-electron chi connectivity index (χ1n) is 17.6. The van der Waals surface area contributed by atoms with Crippen LogP contribution >= 0.6 is 37.9 Å². The number of hydrogen-bond donors (Lipinski definition) is 3. The topological polar surface area (TPSA) is 104 Å². The third-order valence-corrected chi connectivity index (χ3v) is 8.74. The van der Waals surface area contributed by atoms with Crippen LogP contribution in [-0.4, -0.2) is 87.7 Å². The Balaban J connectivity index is 0.000000422. The quantitative estimate of drug-likeness (QED) is 0.0721. The average Bonchev–Trinajstić information content (AvgIpc) is 3.09. The fourth-order valence-electron chi connectivity index (χ4n) is 4.54. The van der Waals surface area contributed by atoms with Crippen LogP contribution in [0.2, 0.25) is 0 Å². The van der Waals surface area contributed by atoms with Gasteiger partial charge in [-0.1, -0.05) is 36.4 Å². The second-order valence-electron chi connectivity index (χ2n) is 14.4. The number of esters is 1. The predicted molar refractivity (Wildman–Crippen MR) is 224 cm³/mol. The number of rotatable bonds is 12. The van der Waals surface area contributed by atoms with Crippen molar-refractivity contribution in [2.45, 2.75) is 99.5 Å². The van der Waals surface area contributed by atoms with E-state index in [-0.39, 0.29) is 24.6 Å². The lowest BCUT2D eigenvalue weighted by atomic mass is 10.1. The molecule has 0 heterocycles. The first kappa shape index (κ1) is 48.3. The minimum atomic E-state index is -0.497. The molecular formula is C41H60N2O8S3. The van der Waals surface area contributed by atoms with Gasteiger partial charge in [-0.3, -0.25) is 4.79 Å². The molecule has 2 amide bonds. The number of benzene rings is 3. The number of likely N-dealkylation sites (N-methyl/N-ethyl adjacent to an activating group) is 1. The number of ether oxygens (including phenoxy) is 5. The standard InChI is InChI=1S/C16H25NO4S.C16H25NO2S.C9H10O2S/c1-16(2,3)21-15(18)17(4)8-7-11-9-12(19-5)13(20-6)10-14(11)22;1-16(2,3)19-15(18)17(4)12-8-7-10-13-9-5-6-11-14(13)20;1-11-9(10)6-7-4-2-3-5-8(7)12/h9-10,22H,7-8H2,1-6H3;5-6,9,11,20H,7-8,10,12H2,1-4H3;2-5,12H,6H2,1H3. The van der Waals surface area contributed by atoms with Gasteiger partial charge in [0, 0.05) is 41.9 Å². The second kappa shape index (κ2) is 24.0. The van der Waals surface area contributed by atoms with Gasteiger partial charge in [0.1, 0.15) is 11.2 Å². The van der Waals surface area contributed by atoms with Gasteiger partial charge in [-0.25, -0.2) is 9.59 Å². The van der Waals surface area contributed by atoms with Gasteiger partial charge in [-0.2, -0.15) is 0 Å². The van der Waals surface area contributed by atoms with Crippen molar-refractivity contribution in [3.8, 4) is 11.5 Å². The van der Waals surface area contributed by atoms with Crippen LogP contribution in [-0.2, 0) is 38.3 Å². The summed E-state index contributed by atoms with van der Waals surface area (Å²) in [5, 5.41) is 0. The molecule has 3 aromatic rings. The molecular weight excluding hydrogens is 745 g/mol. The molecule has 0 bridgehead atoms. The molecule has 0 atom stereocenters. The Labute approximate surface area is 339 Å². The average molecular weight is 805 g/mol. The lowest BCUT2D eigenvalue weighted by molar-refractivity contribution is -0.139. The number of methoxy groups -OCH3 is 3. The van der Waals surface area contributed by atoms with E-state index in [0.29, 0.717) is 31.0 Å². The molecule has 0 saturated carbocycles. The van der Waals surface area contributed by atoms with Crippen LogP contribution in [0.1, 0.15) is 71.1 Å². The molecule has 0 aliphatic carbocycles. The lowest BCUT2D eigenvalue weighted by Gasteiger charge is -2.24. The molecule has 3 rings (SSSR count). The summed E-state index contributed by atoms with van der Waals surface area (Å²) in [7, 11) is 8.05. The van der Waals surface area contributed by atoms with Crippen molar-refractivity contribution in [2.75, 3.05) is 48.5 Å². The number of nitrogens with zero attached hydrogens (tertiary/aromatic N) is 2. The van der Waals surface area contributed by atoms with E-state index >= 15 is 0 Å². The molecule has 0 radical (unpaired) electrons. The Morgan fingerprint density at radius 3 is 1.52 bits per heavy atom. The van der Waals surface area contributed by atoms with E-state index in [2.05, 4.69) is 48.7 Å². The summed E-state index contributed by atoms with van der Waals surface area (Å²) in [6.45, 7) is 12.4. The van der Waals surface area contributed by atoms with Crippen molar-refractivity contribution in [1.29, 1.82) is 0 Å². The number of carbonyl (C=O) groups excluding carboxylic acids is 3. The highest BCUT2D eigenvalue weighted by Gasteiger charge is 2.21. The highest BCUT2D eigenvalue weighted by atomic mass is 32.1. The summed E-state index contributed by atoms with van der Waals surface area (Å²) in [5.41, 5.74) is 2.21. The summed E-state index contributed by atoms with van der Waals surface area (Å²) < 4.78 is 25.7. The number of unbranched alkanes of at least 4 members (excludes halogenated alkanes) is 1. The maximum Gasteiger partial charge on any atom is 0.410 e. The van der Waals surface area contributed by atoms with E-state index in [1.807, 2.05) is 96.1 Å². The summed E-state index contributed by atoms with van der Waals surface area (Å²) in [4.78, 5) is 40.4. The van der Waals surface area contributed by atoms with E-state index in [1.54, 1.807) is 38.1 Å². The molecule has 0 N–H and O–H groups in total. The van der Waals surface area contributed by atoms with Gasteiger partial charge >= 0.3 is 18.2 Å². The molecule has 3 aromatic carbocycles. The largest absolute Gasteiger partial charge is 0.493 e. The van der Waals surface area contributed by atoms with Crippen molar-refractivity contribution in [1.82, 2.24) is 9.80 Å². The summed E-state index contributed by atoms with van der Waals surface area (Å²) in [6, 6.07) is 19.3. The van der Waals surface area contributed by atoms with Crippen LogP contribution in [0, 0.1) is 0 Å². The van der Waals surface area contributed by atoms with Crippen LogP contribution in [0.3, 0.4) is 0 Å². The van der Waals surface area contributed by atoms with Gasteiger partial charge < -0.3 is 33.5 Å². The summed E-state index contributed by atoms with van der Waals surface area (Å²) >= 11 is 13.1. The zero-order chi connectivity index (χ0) is 41.1. The van der Waals surface area contributed by atoms with Crippen molar-refractivity contribution < 1.29 is 38.1 Å². The van der Waals surface area contributed by atoms with E-state index in [9.17, 15) is 14.4 Å². The van der Waals surface area contributed by atoms with Gasteiger partial charge in [-0.15, -0.1) is 37.9 Å². The second-order valence-corrected chi connectivity index (χ2v) is 15.8. The van der Waals surface area contributed by atoms with Crippen LogP contribution < -0.4 is 9.47 Å². The number of amides is 2. The third-order valence-electron chi connectivity index (χ3n) is 7.45. The van der Waals surface area contributed by atoms with Crippen LogP contribution in [0.25, 0.3) is 0 Å². The summed E-state index contributed by atoms with van der Waals surface area (Å²) in [5.74, 6) is 1.04. The van der Waals surface area contributed by atoms with E-state index in [0.717, 1.165) is 45.1 Å². The van der Waals surface area contributed by atoms with E-state index in [1.165, 1.54) is 12.7 Å². The Morgan fingerprint density at radius 2 is 1.06 bits per heavy atom. The molecule has 0 spiro atoms. The van der Waals surface area contributed by atoms with Crippen molar-refractivity contribution in [2.24, 2.45) is 0 Å². The van der Waals surface area contributed by atoms with Crippen LogP contribution in [0.15, 0.2) is 75.4 Å². The molecule has 0 aliphatic rings. The normalized spacial score (nSPS) is 10.8. The predicted octanol–water partition coefficient (Wildman–Crippen LogP) is 9.26. The first-order chi connectivity index (χ1) is 25.2. The van der Waals surface area contributed by atoms with Crippen molar-refractivity contribution in [3.63, 3.8) is 0 Å². The number of aryl methyl sites for hydroxylation is 1. The van der Waals surface area contributed by atoms with Crippen molar-refractivity contribution in [3.05, 3.63) is 77.4 Å². The molecule has 0 fully saturated rings. The Bertz CT molecular complexity index is 1620. The molecule has 54 heavy (non-hydrogen) atoms. The van der Waals surface area contributed by atoms with Crippen LogP contribution in [0.4, 0.5) is 9.59 Å². The molecule has 0 unspecified atom stereocenters. The minimum Gasteiger partial charge on any atom is -0.493 e. The van der Waals surface area contributed by atoms with Gasteiger partial charge in [0.15, 0.2) is 11.5 Å². The van der Waals surface area contributed by atoms with Crippen molar-refractivity contribution >= 4 is 56.0 Å². The van der Waals surface area contributed by atoms with Gasteiger partial charge in [-0.05, 0) is 108 Å². The zero-order valence-electron chi connectivity index (χ0n) is 33.7. The Kier molecular flexibility index (Phi) is 21.5. The molecule has 300 valence electrons. The minimum absolute atomic E-state index is 0.239. The number of carbonyl (C=O) groups is 3. The fourth-order valence-corrected chi connectivity index (χ4v) is 5.34. The highest BCUT2D eigenvalue weighted by Crippen LogP contribution is 2.32. The van der Waals surface area contributed by atoms with Crippen LogP contribution in [0.5, 0.6) is 11.5 Å². The maximum atomic E-state index is 11.9. The fraction of sp³-hybridized carbons (Fsp3) is 0.488. The van der Waals surface area contributed by atoms with Gasteiger partial charge in [0.05, 0.1) is 27.8 Å². The Morgan fingerprint density at radius 1 is 0.593 bits per heavy atom. The third kappa shape index (κ3) is 19.6. The molecule has 13 heteroatoms.